The maximum atomic E-state index is 12.5. The average Bonchev–Trinajstić information content (AvgIpc) is 2.70. The van der Waals surface area contributed by atoms with Gasteiger partial charge in [0.15, 0.2) is 0 Å². The van der Waals surface area contributed by atoms with Crippen LogP contribution in [0.5, 0.6) is 0 Å². The molecular formula is C20H23N5O2S. The van der Waals surface area contributed by atoms with Gasteiger partial charge >= 0.3 is 0 Å². The highest BCUT2D eigenvalue weighted by Gasteiger charge is 2.21. The van der Waals surface area contributed by atoms with E-state index in [0.29, 0.717) is 12.1 Å². The van der Waals surface area contributed by atoms with Crippen LogP contribution in [0.25, 0.3) is 0 Å². The van der Waals surface area contributed by atoms with Crippen LogP contribution in [0.1, 0.15) is 23.5 Å². The summed E-state index contributed by atoms with van der Waals surface area (Å²) >= 11 is 0. The van der Waals surface area contributed by atoms with Crippen molar-refractivity contribution in [3.05, 3.63) is 77.9 Å². The van der Waals surface area contributed by atoms with Gasteiger partial charge in [-0.25, -0.2) is 18.1 Å². The molecule has 28 heavy (non-hydrogen) atoms. The Bertz CT molecular complexity index is 1040. The van der Waals surface area contributed by atoms with Crippen molar-refractivity contribution in [2.45, 2.75) is 17.2 Å². The summed E-state index contributed by atoms with van der Waals surface area (Å²) in [6.45, 7) is 0.221. The Balaban J connectivity index is 1.86. The summed E-state index contributed by atoms with van der Waals surface area (Å²) in [6, 6.07) is 19.6. The number of nitrogens with two attached hydrogens (primary N) is 3. The lowest BCUT2D eigenvalue weighted by Crippen LogP contribution is -2.26. The highest BCUT2D eigenvalue weighted by Crippen LogP contribution is 2.34. The van der Waals surface area contributed by atoms with Crippen molar-refractivity contribution < 1.29 is 8.42 Å². The van der Waals surface area contributed by atoms with Gasteiger partial charge in [-0.3, -0.25) is 0 Å². The van der Waals surface area contributed by atoms with Crippen molar-refractivity contribution in [3.8, 4) is 0 Å². The third kappa shape index (κ3) is 4.41. The zero-order valence-corrected chi connectivity index (χ0v) is 16.1. The minimum atomic E-state index is -3.59. The van der Waals surface area contributed by atoms with Crippen molar-refractivity contribution >= 4 is 27.3 Å². The molecule has 0 fully saturated rings. The molecule has 146 valence electrons. The maximum absolute atomic E-state index is 12.5. The van der Waals surface area contributed by atoms with Crippen molar-refractivity contribution in [1.29, 1.82) is 0 Å². The van der Waals surface area contributed by atoms with Gasteiger partial charge in [-0.05, 0) is 35.7 Å². The van der Waals surface area contributed by atoms with Gasteiger partial charge in [0.05, 0.1) is 10.6 Å². The Morgan fingerprint density at radius 1 is 0.929 bits per heavy atom. The molecule has 8 heteroatoms. The fraction of sp³-hybridized carbons (Fsp3) is 0.150. The molecule has 2 aromatic carbocycles. The van der Waals surface area contributed by atoms with Crippen LogP contribution in [0.15, 0.2) is 71.6 Å². The summed E-state index contributed by atoms with van der Waals surface area (Å²) in [5, 5.41) is 0. The van der Waals surface area contributed by atoms with Gasteiger partial charge in [0.1, 0.15) is 11.6 Å². The first-order valence-corrected chi connectivity index (χ1v) is 10.3. The van der Waals surface area contributed by atoms with E-state index in [1.54, 1.807) is 36.4 Å². The van der Waals surface area contributed by atoms with Gasteiger partial charge in [0.2, 0.25) is 10.0 Å². The molecule has 0 aliphatic heterocycles. The molecule has 3 aromatic rings. The van der Waals surface area contributed by atoms with Crippen LogP contribution < -0.4 is 21.9 Å². The zero-order valence-electron chi connectivity index (χ0n) is 15.2. The first-order valence-electron chi connectivity index (χ1n) is 8.79. The van der Waals surface area contributed by atoms with E-state index in [1.807, 2.05) is 30.3 Å². The largest absolute Gasteiger partial charge is 0.396 e. The summed E-state index contributed by atoms with van der Waals surface area (Å²) in [5.41, 5.74) is 20.0. The molecule has 0 bridgehead atoms. The third-order valence-electron chi connectivity index (χ3n) is 4.50. The Morgan fingerprint density at radius 3 is 2.18 bits per heavy atom. The Morgan fingerprint density at radius 2 is 1.54 bits per heavy atom. The second-order valence-corrected chi connectivity index (χ2v) is 8.16. The second kappa shape index (κ2) is 8.28. The maximum Gasteiger partial charge on any atom is 0.240 e. The molecule has 0 aliphatic rings. The molecule has 3 rings (SSSR count). The van der Waals surface area contributed by atoms with E-state index in [0.717, 1.165) is 11.1 Å². The van der Waals surface area contributed by atoms with Gasteiger partial charge in [0, 0.05) is 12.5 Å². The SMILES string of the molecule is Nc1cc(C(CCNS(=O)(=O)c2ccccc2)c2ccccc2)c(N)c(N)n1. The highest BCUT2D eigenvalue weighted by atomic mass is 32.2. The predicted molar refractivity (Wildman–Crippen MR) is 112 cm³/mol. The predicted octanol–water partition coefficient (Wildman–Crippen LogP) is 2.33. The van der Waals surface area contributed by atoms with E-state index in [1.165, 1.54) is 0 Å². The van der Waals surface area contributed by atoms with Crippen molar-refractivity contribution in [3.63, 3.8) is 0 Å². The molecule has 7 N–H and O–H groups in total. The van der Waals surface area contributed by atoms with Gasteiger partial charge in [0.25, 0.3) is 0 Å². The van der Waals surface area contributed by atoms with Gasteiger partial charge < -0.3 is 17.2 Å². The number of aromatic nitrogens is 1. The van der Waals surface area contributed by atoms with E-state index in [2.05, 4.69) is 9.71 Å². The Hall–Kier alpha value is -3.10. The van der Waals surface area contributed by atoms with E-state index in [9.17, 15) is 8.42 Å². The fourth-order valence-corrected chi connectivity index (χ4v) is 4.18. The number of anilines is 3. The summed E-state index contributed by atoms with van der Waals surface area (Å²) in [5.74, 6) is 0.251. The van der Waals surface area contributed by atoms with Gasteiger partial charge in [-0.2, -0.15) is 0 Å². The lowest BCUT2D eigenvalue weighted by Gasteiger charge is -2.21. The number of hydrogen-bond acceptors (Lipinski definition) is 6. The molecular weight excluding hydrogens is 374 g/mol. The number of nitrogen functional groups attached to an aromatic ring is 3. The molecule has 1 aromatic heterocycles. The molecule has 1 heterocycles. The number of sulfonamides is 1. The molecule has 0 aliphatic carbocycles. The van der Waals surface area contributed by atoms with Crippen LogP contribution in [0, 0.1) is 0 Å². The molecule has 0 saturated carbocycles. The van der Waals surface area contributed by atoms with Crippen molar-refractivity contribution in [2.75, 3.05) is 23.7 Å². The lowest BCUT2D eigenvalue weighted by molar-refractivity contribution is 0.575. The average molecular weight is 398 g/mol. The van der Waals surface area contributed by atoms with Crippen molar-refractivity contribution in [2.24, 2.45) is 0 Å². The smallest absolute Gasteiger partial charge is 0.240 e. The normalized spacial score (nSPS) is 12.6. The topological polar surface area (TPSA) is 137 Å². The van der Waals surface area contributed by atoms with Crippen LogP contribution in [0.3, 0.4) is 0 Å². The molecule has 0 spiro atoms. The van der Waals surface area contributed by atoms with Crippen LogP contribution >= 0.6 is 0 Å². The van der Waals surface area contributed by atoms with Gasteiger partial charge in [-0.15, -0.1) is 0 Å². The number of hydrogen-bond donors (Lipinski definition) is 4. The Labute approximate surface area is 164 Å². The van der Waals surface area contributed by atoms with Crippen LogP contribution in [-0.2, 0) is 10.0 Å². The van der Waals surface area contributed by atoms with Crippen molar-refractivity contribution in [1.82, 2.24) is 9.71 Å². The number of nitrogens with zero attached hydrogens (tertiary/aromatic N) is 1. The van der Waals surface area contributed by atoms with Crippen LogP contribution in [-0.4, -0.2) is 19.9 Å². The summed E-state index contributed by atoms with van der Waals surface area (Å²) in [7, 11) is -3.59. The monoisotopic (exact) mass is 397 g/mol. The van der Waals surface area contributed by atoms with E-state index in [-0.39, 0.29) is 29.0 Å². The highest BCUT2D eigenvalue weighted by molar-refractivity contribution is 7.89. The molecule has 1 atom stereocenters. The second-order valence-electron chi connectivity index (χ2n) is 6.40. The first kappa shape index (κ1) is 19.7. The quantitative estimate of drug-likeness (QED) is 0.483. The molecule has 0 amide bonds. The van der Waals surface area contributed by atoms with Gasteiger partial charge in [-0.1, -0.05) is 48.5 Å². The number of nitrogens with one attached hydrogen (secondary N) is 1. The first-order chi connectivity index (χ1) is 13.4. The molecule has 0 radical (unpaired) electrons. The van der Waals surface area contributed by atoms with E-state index in [4.69, 9.17) is 17.2 Å². The lowest BCUT2D eigenvalue weighted by atomic mass is 9.88. The number of rotatable bonds is 7. The summed E-state index contributed by atoms with van der Waals surface area (Å²) in [6.07, 6.45) is 0.475. The van der Waals surface area contributed by atoms with Crippen LogP contribution in [0.2, 0.25) is 0 Å². The van der Waals surface area contributed by atoms with E-state index >= 15 is 0 Å². The summed E-state index contributed by atoms with van der Waals surface area (Å²) in [4.78, 5) is 4.21. The number of pyridine rings is 1. The fourth-order valence-electron chi connectivity index (χ4n) is 3.11. The Kier molecular flexibility index (Phi) is 5.81. The minimum absolute atomic E-state index is 0.167. The van der Waals surface area contributed by atoms with E-state index < -0.39 is 10.0 Å². The molecule has 0 saturated heterocycles. The minimum Gasteiger partial charge on any atom is -0.396 e. The molecule has 1 unspecified atom stereocenters. The molecule has 7 nitrogen and oxygen atoms in total. The third-order valence-corrected chi connectivity index (χ3v) is 5.97. The standard InChI is InChI=1S/C20H23N5O2S/c21-18-13-17(19(22)20(23)25-18)16(14-7-3-1-4-8-14)11-12-24-28(26,27)15-9-5-2-6-10-15/h1-10,13,16,24H,11-12,22H2,(H4,21,23,25). The van der Waals surface area contributed by atoms with Crippen LogP contribution in [0.4, 0.5) is 17.3 Å². The number of benzene rings is 2. The zero-order chi connectivity index (χ0) is 20.1. The summed E-state index contributed by atoms with van der Waals surface area (Å²) < 4.78 is 27.6.